The van der Waals surface area contributed by atoms with Crippen molar-refractivity contribution in [3.63, 3.8) is 0 Å². The zero-order chi connectivity index (χ0) is 10.5. The van der Waals surface area contributed by atoms with Crippen LogP contribution >= 0.6 is 0 Å². The van der Waals surface area contributed by atoms with Crippen molar-refractivity contribution in [2.75, 3.05) is 0 Å². The molecule has 0 aliphatic carbocycles. The summed E-state index contributed by atoms with van der Waals surface area (Å²) < 4.78 is 17.5. The summed E-state index contributed by atoms with van der Waals surface area (Å²) in [6.45, 7) is 11.1. The maximum absolute atomic E-state index is 6.00. The van der Waals surface area contributed by atoms with Crippen molar-refractivity contribution >= 4 is 45.9 Å². The van der Waals surface area contributed by atoms with Gasteiger partial charge in [-0.1, -0.05) is 6.55 Å². The monoisotopic (exact) mass is 270 g/mol. The lowest BCUT2D eigenvalue weighted by atomic mass is 11.9. The highest BCUT2D eigenvalue weighted by Gasteiger charge is 2.37. The fourth-order valence-corrected chi connectivity index (χ4v) is 21.0. The van der Waals surface area contributed by atoms with Crippen LogP contribution in [0.3, 0.4) is 0 Å². The van der Waals surface area contributed by atoms with Gasteiger partial charge < -0.3 is 12.3 Å². The van der Waals surface area contributed by atoms with Crippen LogP contribution in [-0.4, -0.2) is 45.9 Å². The van der Waals surface area contributed by atoms with E-state index in [1.807, 2.05) is 0 Å². The summed E-state index contributed by atoms with van der Waals surface area (Å²) >= 11 is 0. The van der Waals surface area contributed by atoms with Crippen molar-refractivity contribution in [2.24, 2.45) is 0 Å². The average molecular weight is 271 g/mol. The highest BCUT2D eigenvalue weighted by molar-refractivity contribution is 7.26. The van der Waals surface area contributed by atoms with E-state index in [0.717, 1.165) is 10.5 Å². The number of hydrogen-bond donors (Lipinski definition) is 0. The standard InChI is InChI=1S/C5H22O3Si5/c1-10-7-12(8-11(2)3)13(4,5)6-9/h11-12H,10H2,1-5,9H3. The molecule has 3 nitrogen and oxygen atoms in total. The molecule has 13 heavy (non-hydrogen) atoms. The third-order valence-corrected chi connectivity index (χ3v) is 21.1. The molecule has 0 spiro atoms. The first-order valence-electron chi connectivity index (χ1n) is 4.76. The summed E-state index contributed by atoms with van der Waals surface area (Å²) in [6, 6.07) is 0. The Bertz CT molecular complexity index is 142. The maximum Gasteiger partial charge on any atom is 0.311 e. The van der Waals surface area contributed by atoms with E-state index < -0.39 is 25.7 Å². The van der Waals surface area contributed by atoms with Gasteiger partial charge in [0.25, 0.3) is 0 Å². The Kier molecular flexibility index (Phi) is 6.93. The second kappa shape index (κ2) is 6.45. The molecule has 1 unspecified atom stereocenters. The van der Waals surface area contributed by atoms with Gasteiger partial charge in [-0.2, -0.15) is 0 Å². The van der Waals surface area contributed by atoms with Crippen LogP contribution in [0.4, 0.5) is 0 Å². The normalized spacial score (nSPS) is 16.2. The average Bonchev–Trinajstić information content (AvgIpc) is 2.03. The van der Waals surface area contributed by atoms with E-state index in [9.17, 15) is 0 Å². The molecule has 8 heteroatoms. The molecular weight excluding hydrogens is 248 g/mol. The minimum absolute atomic E-state index is 0.336. The van der Waals surface area contributed by atoms with Crippen LogP contribution in [-0.2, 0) is 12.3 Å². The van der Waals surface area contributed by atoms with Gasteiger partial charge in [0.05, 0.1) is 0 Å². The van der Waals surface area contributed by atoms with Crippen molar-refractivity contribution in [3.05, 3.63) is 0 Å². The fraction of sp³-hybridized carbons (Fsp3) is 1.00. The SMILES string of the molecule is C[SiH2]O[SiH](O[SiH](C)C)[Si](C)(C)O[SiH3]. The van der Waals surface area contributed by atoms with Gasteiger partial charge in [-0.05, 0) is 26.2 Å². The molecule has 0 saturated carbocycles. The van der Waals surface area contributed by atoms with Crippen LogP contribution in [0.15, 0.2) is 0 Å². The Hall–Kier alpha value is 0.964. The molecule has 0 aliphatic rings. The molecule has 0 heterocycles. The van der Waals surface area contributed by atoms with E-state index in [0.29, 0.717) is 0 Å². The molecule has 0 amide bonds. The third-order valence-electron chi connectivity index (χ3n) is 1.81. The summed E-state index contributed by atoms with van der Waals surface area (Å²) in [5.74, 6) is 0. The first kappa shape index (κ1) is 14.0. The van der Waals surface area contributed by atoms with Gasteiger partial charge in [-0.3, -0.25) is 0 Å². The topological polar surface area (TPSA) is 27.7 Å². The predicted octanol–water partition coefficient (Wildman–Crippen LogP) is -1.06. The Balaban J connectivity index is 4.22. The summed E-state index contributed by atoms with van der Waals surface area (Å²) in [7, 11) is -3.45. The van der Waals surface area contributed by atoms with Crippen molar-refractivity contribution < 1.29 is 12.3 Å². The minimum atomic E-state index is -1.56. The van der Waals surface area contributed by atoms with Gasteiger partial charge in [0.15, 0.2) is 9.04 Å². The van der Waals surface area contributed by atoms with Crippen LogP contribution in [0.5, 0.6) is 0 Å². The molecule has 0 fully saturated rings. The quantitative estimate of drug-likeness (QED) is 0.576. The molecule has 0 aliphatic heterocycles. The third kappa shape index (κ3) is 5.42. The summed E-state index contributed by atoms with van der Waals surface area (Å²) in [5, 5.41) is 0. The molecule has 0 aromatic heterocycles. The van der Waals surface area contributed by atoms with Crippen LogP contribution in [0, 0.1) is 0 Å². The summed E-state index contributed by atoms with van der Waals surface area (Å²) in [4.78, 5) is 0. The summed E-state index contributed by atoms with van der Waals surface area (Å²) in [6.07, 6.45) is 0. The lowest BCUT2D eigenvalue weighted by molar-refractivity contribution is 0.455. The van der Waals surface area contributed by atoms with Crippen molar-refractivity contribution in [2.45, 2.75) is 32.7 Å². The van der Waals surface area contributed by atoms with E-state index >= 15 is 0 Å². The van der Waals surface area contributed by atoms with Crippen LogP contribution in [0.2, 0.25) is 32.7 Å². The lowest BCUT2D eigenvalue weighted by Gasteiger charge is -2.30. The van der Waals surface area contributed by atoms with E-state index in [2.05, 4.69) is 32.7 Å². The smallest absolute Gasteiger partial charge is 0.311 e. The van der Waals surface area contributed by atoms with Crippen molar-refractivity contribution in [1.29, 1.82) is 0 Å². The zero-order valence-corrected chi connectivity index (χ0v) is 16.3. The molecule has 80 valence electrons. The molecule has 0 saturated heterocycles. The zero-order valence-electron chi connectivity index (χ0n) is 9.59. The van der Waals surface area contributed by atoms with E-state index in [-0.39, 0.29) is 9.76 Å². The highest BCUT2D eigenvalue weighted by atomic mass is 29.3. The van der Waals surface area contributed by atoms with Crippen LogP contribution in [0.1, 0.15) is 0 Å². The van der Waals surface area contributed by atoms with E-state index in [1.165, 1.54) is 0 Å². The fourth-order valence-electron chi connectivity index (χ4n) is 0.899. The Labute approximate surface area is 91.1 Å². The first-order chi connectivity index (χ1) is 5.94. The minimum Gasteiger partial charge on any atom is -0.462 e. The Morgan fingerprint density at radius 1 is 1.31 bits per heavy atom. The second-order valence-electron chi connectivity index (χ2n) is 3.78. The number of rotatable bonds is 6. The maximum atomic E-state index is 6.00. The Morgan fingerprint density at radius 3 is 2.15 bits per heavy atom. The molecule has 0 rings (SSSR count). The van der Waals surface area contributed by atoms with E-state index in [1.54, 1.807) is 0 Å². The van der Waals surface area contributed by atoms with Crippen LogP contribution < -0.4 is 0 Å². The van der Waals surface area contributed by atoms with Crippen molar-refractivity contribution in [1.82, 2.24) is 0 Å². The Morgan fingerprint density at radius 2 is 1.85 bits per heavy atom. The molecule has 0 aromatic carbocycles. The largest absolute Gasteiger partial charge is 0.462 e. The first-order valence-corrected chi connectivity index (χ1v) is 16.0. The van der Waals surface area contributed by atoms with Gasteiger partial charge in [-0.25, -0.2) is 0 Å². The highest BCUT2D eigenvalue weighted by Crippen LogP contribution is 2.10. The van der Waals surface area contributed by atoms with Gasteiger partial charge in [0, 0.05) is 0 Å². The molecule has 0 bridgehead atoms. The van der Waals surface area contributed by atoms with Gasteiger partial charge in [0.1, 0.15) is 20.2 Å². The van der Waals surface area contributed by atoms with Gasteiger partial charge in [-0.15, -0.1) is 0 Å². The molecule has 0 aromatic rings. The second-order valence-corrected chi connectivity index (χ2v) is 20.0. The van der Waals surface area contributed by atoms with E-state index in [4.69, 9.17) is 12.3 Å². The van der Waals surface area contributed by atoms with Gasteiger partial charge >= 0.3 is 8.80 Å². The molecule has 0 N–H and O–H groups in total. The predicted molar refractivity (Wildman–Crippen MR) is 71.1 cm³/mol. The molecule has 0 radical (unpaired) electrons. The van der Waals surface area contributed by atoms with Gasteiger partial charge in [0.2, 0.25) is 7.83 Å². The molecular formula is C5H22O3Si5. The summed E-state index contributed by atoms with van der Waals surface area (Å²) in [5.41, 5.74) is 0. The number of hydrogen-bond acceptors (Lipinski definition) is 3. The lowest BCUT2D eigenvalue weighted by Crippen LogP contribution is -2.54. The molecule has 1 atom stereocenters. The van der Waals surface area contributed by atoms with Crippen molar-refractivity contribution in [3.8, 4) is 0 Å². The van der Waals surface area contributed by atoms with Crippen LogP contribution in [0.25, 0.3) is 0 Å².